The third-order valence-corrected chi connectivity index (χ3v) is 4.51. The monoisotopic (exact) mass is 251 g/mol. The first-order valence-corrected chi connectivity index (χ1v) is 7.74. The minimum Gasteiger partial charge on any atom is -0.353 e. The van der Waals surface area contributed by atoms with Crippen molar-refractivity contribution in [1.82, 2.24) is 5.32 Å². The smallest absolute Gasteiger partial charge is 0.223 e. The van der Waals surface area contributed by atoms with Gasteiger partial charge in [0.05, 0.1) is 0 Å². The summed E-state index contributed by atoms with van der Waals surface area (Å²) in [4.78, 5) is 12.0. The number of nitrogens with one attached hydrogen (secondary N) is 1. The van der Waals surface area contributed by atoms with Gasteiger partial charge in [-0.05, 0) is 43.4 Å². The summed E-state index contributed by atoms with van der Waals surface area (Å²) in [6.07, 6.45) is 9.81. The largest absolute Gasteiger partial charge is 0.353 e. The number of amides is 1. The van der Waals surface area contributed by atoms with E-state index in [4.69, 9.17) is 0 Å². The molecule has 2 aliphatic carbocycles. The van der Waals surface area contributed by atoms with E-state index in [0.29, 0.717) is 23.3 Å². The summed E-state index contributed by atoms with van der Waals surface area (Å²) < 4.78 is 0. The summed E-state index contributed by atoms with van der Waals surface area (Å²) in [6, 6.07) is 0.458. The number of carbonyl (C=O) groups is 1. The van der Waals surface area contributed by atoms with Gasteiger partial charge in [-0.1, -0.05) is 40.0 Å². The fourth-order valence-electron chi connectivity index (χ4n) is 3.46. The fraction of sp³-hybridized carbons (Fsp3) is 0.938. The lowest BCUT2D eigenvalue weighted by Crippen LogP contribution is -2.43. The maximum absolute atomic E-state index is 12.0. The first-order chi connectivity index (χ1) is 8.44. The van der Waals surface area contributed by atoms with Crippen LogP contribution >= 0.6 is 0 Å². The highest BCUT2D eigenvalue weighted by Crippen LogP contribution is 2.34. The molecule has 0 saturated heterocycles. The molecule has 0 aromatic rings. The van der Waals surface area contributed by atoms with Crippen molar-refractivity contribution in [2.24, 2.45) is 17.3 Å². The van der Waals surface area contributed by atoms with Crippen LogP contribution in [-0.2, 0) is 4.79 Å². The molecule has 2 aliphatic rings. The van der Waals surface area contributed by atoms with Crippen LogP contribution in [0, 0.1) is 17.3 Å². The van der Waals surface area contributed by atoms with E-state index in [-0.39, 0.29) is 0 Å². The first-order valence-electron chi connectivity index (χ1n) is 7.74. The Morgan fingerprint density at radius 3 is 2.33 bits per heavy atom. The van der Waals surface area contributed by atoms with Crippen molar-refractivity contribution in [3.63, 3.8) is 0 Å². The van der Waals surface area contributed by atoms with Crippen LogP contribution in [0.1, 0.15) is 72.1 Å². The Balaban J connectivity index is 1.77. The van der Waals surface area contributed by atoms with Crippen molar-refractivity contribution >= 4 is 5.91 Å². The van der Waals surface area contributed by atoms with Crippen molar-refractivity contribution in [3.8, 4) is 0 Å². The lowest BCUT2D eigenvalue weighted by atomic mass is 9.76. The zero-order chi connectivity index (χ0) is 13.2. The van der Waals surface area contributed by atoms with Crippen LogP contribution in [0.4, 0.5) is 0 Å². The molecular formula is C16H29NO. The van der Waals surface area contributed by atoms with Crippen molar-refractivity contribution in [2.45, 2.75) is 78.2 Å². The van der Waals surface area contributed by atoms with Crippen LogP contribution in [0.2, 0.25) is 0 Å². The second-order valence-corrected chi connectivity index (χ2v) is 7.63. The molecule has 0 heterocycles. The van der Waals surface area contributed by atoms with E-state index in [1.807, 2.05) is 0 Å². The normalized spacial score (nSPS) is 29.7. The molecule has 2 heteroatoms. The Hall–Kier alpha value is -0.530. The molecule has 2 nitrogen and oxygen atoms in total. The van der Waals surface area contributed by atoms with Gasteiger partial charge in [0.2, 0.25) is 5.91 Å². The third-order valence-electron chi connectivity index (χ3n) is 4.51. The molecule has 2 saturated carbocycles. The lowest BCUT2D eigenvalue weighted by molar-refractivity contribution is -0.128. The molecule has 0 aromatic carbocycles. The number of hydrogen-bond acceptors (Lipinski definition) is 1. The molecule has 2 fully saturated rings. The van der Waals surface area contributed by atoms with Gasteiger partial charge in [-0.15, -0.1) is 0 Å². The molecule has 0 radical (unpaired) electrons. The second kappa shape index (κ2) is 5.63. The summed E-state index contributed by atoms with van der Waals surface area (Å²) in [5, 5.41) is 3.30. The van der Waals surface area contributed by atoms with Crippen LogP contribution in [0.5, 0.6) is 0 Å². The first kappa shape index (κ1) is 13.9. The highest BCUT2D eigenvalue weighted by molar-refractivity contribution is 5.79. The molecule has 2 atom stereocenters. The Morgan fingerprint density at radius 1 is 1.11 bits per heavy atom. The number of hydrogen-bond donors (Lipinski definition) is 1. The van der Waals surface area contributed by atoms with Gasteiger partial charge in [0.1, 0.15) is 0 Å². The molecule has 2 rings (SSSR count). The summed E-state index contributed by atoms with van der Waals surface area (Å²) in [6.45, 7) is 6.97. The van der Waals surface area contributed by atoms with Gasteiger partial charge in [-0.25, -0.2) is 0 Å². The summed E-state index contributed by atoms with van der Waals surface area (Å²) >= 11 is 0. The van der Waals surface area contributed by atoms with Crippen LogP contribution in [0.25, 0.3) is 0 Å². The zero-order valence-electron chi connectivity index (χ0n) is 12.3. The molecule has 0 bridgehead atoms. The Morgan fingerprint density at radius 2 is 1.78 bits per heavy atom. The molecular weight excluding hydrogens is 222 g/mol. The van der Waals surface area contributed by atoms with E-state index in [2.05, 4.69) is 26.1 Å². The topological polar surface area (TPSA) is 29.1 Å². The average molecular weight is 251 g/mol. The molecule has 0 aromatic heterocycles. The second-order valence-electron chi connectivity index (χ2n) is 7.63. The van der Waals surface area contributed by atoms with Crippen molar-refractivity contribution in [1.29, 1.82) is 0 Å². The van der Waals surface area contributed by atoms with E-state index in [9.17, 15) is 4.79 Å². The van der Waals surface area contributed by atoms with Gasteiger partial charge in [0.25, 0.3) is 0 Å². The minimum atomic E-state index is 0.336. The lowest BCUT2D eigenvalue weighted by Gasteiger charge is -2.35. The highest BCUT2D eigenvalue weighted by Gasteiger charge is 2.30. The van der Waals surface area contributed by atoms with E-state index >= 15 is 0 Å². The molecule has 0 aliphatic heterocycles. The van der Waals surface area contributed by atoms with Crippen molar-refractivity contribution in [2.75, 3.05) is 0 Å². The van der Waals surface area contributed by atoms with Crippen LogP contribution in [0.3, 0.4) is 0 Å². The molecule has 104 valence electrons. The quantitative estimate of drug-likeness (QED) is 0.810. The average Bonchev–Trinajstić information content (AvgIpc) is 2.11. The standard InChI is InChI=1S/C16H29NO/c1-16(2,3)11-12-6-4-9-14(10-12)17-15(18)13-7-5-8-13/h12-14H,4-11H2,1-3H3,(H,17,18). The molecule has 1 N–H and O–H groups in total. The predicted octanol–water partition coefficient (Wildman–Crippen LogP) is 3.90. The van der Waals surface area contributed by atoms with Crippen molar-refractivity contribution in [3.05, 3.63) is 0 Å². The highest BCUT2D eigenvalue weighted by atomic mass is 16.2. The number of carbonyl (C=O) groups excluding carboxylic acids is 1. The molecule has 18 heavy (non-hydrogen) atoms. The Bertz CT molecular complexity index is 288. The molecule has 1 amide bonds. The Labute approximate surface area is 112 Å². The predicted molar refractivity (Wildman–Crippen MR) is 75.3 cm³/mol. The van der Waals surface area contributed by atoms with E-state index in [0.717, 1.165) is 18.8 Å². The van der Waals surface area contributed by atoms with Gasteiger partial charge in [0.15, 0.2) is 0 Å². The summed E-state index contributed by atoms with van der Waals surface area (Å²) in [7, 11) is 0. The van der Waals surface area contributed by atoms with Crippen LogP contribution in [0.15, 0.2) is 0 Å². The van der Waals surface area contributed by atoms with E-state index in [1.54, 1.807) is 0 Å². The fourth-order valence-corrected chi connectivity index (χ4v) is 3.46. The third kappa shape index (κ3) is 4.00. The van der Waals surface area contributed by atoms with Crippen LogP contribution in [-0.4, -0.2) is 11.9 Å². The Kier molecular flexibility index (Phi) is 4.34. The van der Waals surface area contributed by atoms with Gasteiger partial charge < -0.3 is 5.32 Å². The van der Waals surface area contributed by atoms with Gasteiger partial charge in [0, 0.05) is 12.0 Å². The molecule has 2 unspecified atom stereocenters. The van der Waals surface area contributed by atoms with E-state index < -0.39 is 0 Å². The van der Waals surface area contributed by atoms with Crippen molar-refractivity contribution < 1.29 is 4.79 Å². The van der Waals surface area contributed by atoms with Gasteiger partial charge in [-0.2, -0.15) is 0 Å². The maximum Gasteiger partial charge on any atom is 0.223 e. The maximum atomic E-state index is 12.0. The molecule has 0 spiro atoms. The van der Waals surface area contributed by atoms with E-state index in [1.165, 1.54) is 38.5 Å². The minimum absolute atomic E-state index is 0.336. The van der Waals surface area contributed by atoms with Gasteiger partial charge in [-0.3, -0.25) is 4.79 Å². The number of rotatable bonds is 3. The summed E-state index contributed by atoms with van der Waals surface area (Å²) in [5.74, 6) is 1.49. The SMILES string of the molecule is CC(C)(C)CC1CCCC(NC(=O)C2CCC2)C1. The van der Waals surface area contributed by atoms with Crippen LogP contribution < -0.4 is 5.32 Å². The zero-order valence-corrected chi connectivity index (χ0v) is 12.3. The van der Waals surface area contributed by atoms with Gasteiger partial charge >= 0.3 is 0 Å². The summed E-state index contributed by atoms with van der Waals surface area (Å²) in [5.41, 5.74) is 0.421.